The van der Waals surface area contributed by atoms with E-state index in [1.165, 1.54) is 27.9 Å². The highest BCUT2D eigenvalue weighted by Crippen LogP contribution is 2.42. The highest BCUT2D eigenvalue weighted by Gasteiger charge is 2.26. The van der Waals surface area contributed by atoms with Gasteiger partial charge in [0.2, 0.25) is 0 Å². The fourth-order valence-electron chi connectivity index (χ4n) is 6.12. The van der Waals surface area contributed by atoms with Crippen LogP contribution in [0.5, 0.6) is 0 Å². The summed E-state index contributed by atoms with van der Waals surface area (Å²) in [6.45, 7) is 11.2. The van der Waals surface area contributed by atoms with E-state index in [1.54, 1.807) is 0 Å². The van der Waals surface area contributed by atoms with Gasteiger partial charge in [-0.1, -0.05) is 88.4 Å². The second kappa shape index (κ2) is 9.74. The van der Waals surface area contributed by atoms with Gasteiger partial charge in [-0.3, -0.25) is 9.55 Å². The number of pyridine rings is 1. The topological polar surface area (TPSA) is 43.9 Å². The molecule has 7 rings (SSSR count). The molecular formula is C37H33N3O. The molecule has 4 nitrogen and oxygen atoms in total. The van der Waals surface area contributed by atoms with Crippen molar-refractivity contribution in [2.45, 2.75) is 46.5 Å². The van der Waals surface area contributed by atoms with Crippen molar-refractivity contribution in [3.63, 3.8) is 0 Å². The molecule has 0 radical (unpaired) electrons. The molecule has 0 aliphatic heterocycles. The Kier molecular flexibility index (Phi) is 6.01. The molecule has 0 saturated carbocycles. The molecule has 4 heteroatoms. The first-order chi connectivity index (χ1) is 19.9. The zero-order valence-corrected chi connectivity index (χ0v) is 24.1. The Labute approximate surface area is 240 Å². The third-order valence-electron chi connectivity index (χ3n) is 8.14. The number of nitrogens with zero attached hydrogens (tertiary/aromatic N) is 3. The van der Waals surface area contributed by atoms with E-state index in [0.717, 1.165) is 50.1 Å². The Hall–Kier alpha value is -4.70. The maximum Gasteiger partial charge on any atom is 0.149 e. The van der Waals surface area contributed by atoms with Crippen molar-refractivity contribution in [3.05, 3.63) is 114 Å². The van der Waals surface area contributed by atoms with Gasteiger partial charge in [-0.15, -0.1) is 0 Å². The minimum atomic E-state index is 0.287. The van der Waals surface area contributed by atoms with E-state index in [2.05, 4.69) is 112 Å². The molecule has 0 atom stereocenters. The van der Waals surface area contributed by atoms with E-state index in [0.29, 0.717) is 0 Å². The number of rotatable bonds is 5. The molecule has 0 N–H and O–H groups in total. The Morgan fingerprint density at radius 2 is 1.39 bits per heavy atom. The summed E-state index contributed by atoms with van der Waals surface area (Å²) in [5, 5.41) is 2.21. The third-order valence-corrected chi connectivity index (χ3v) is 8.14. The highest BCUT2D eigenvalue weighted by molar-refractivity contribution is 6.09. The van der Waals surface area contributed by atoms with Crippen molar-refractivity contribution in [1.82, 2.24) is 14.5 Å². The molecule has 7 aromatic rings. The smallest absolute Gasteiger partial charge is 0.149 e. The first kappa shape index (κ1) is 25.3. The van der Waals surface area contributed by atoms with Gasteiger partial charge in [0.25, 0.3) is 0 Å². The Bertz CT molecular complexity index is 2030. The van der Waals surface area contributed by atoms with E-state index in [4.69, 9.17) is 14.4 Å². The largest absolute Gasteiger partial charge is 0.455 e. The standard InChI is InChI=1S/C37H33N3O/c1-22(2)30-20-26(25-12-7-6-8-13-25)21-31(23(3)4)35(30)40-34-24(5)38-19-18-32(34)39-37(40)29-16-11-15-28-27-14-9-10-17-33(27)41-36(28)29/h6-23H,1-5H3. The lowest BCUT2D eigenvalue weighted by molar-refractivity contribution is 0.669. The minimum absolute atomic E-state index is 0.287. The SMILES string of the molecule is Cc1nccc2nc(-c3cccc4c3oc3ccccc34)n(-c3c(C(C)C)cc(-c4ccccc4)cc3C(C)C)c12. The summed E-state index contributed by atoms with van der Waals surface area (Å²) >= 11 is 0. The maximum absolute atomic E-state index is 6.52. The van der Waals surface area contributed by atoms with E-state index in [1.807, 2.05) is 24.4 Å². The number of fused-ring (bicyclic) bond motifs is 4. The second-order valence-corrected chi connectivity index (χ2v) is 11.5. The van der Waals surface area contributed by atoms with Crippen LogP contribution in [-0.2, 0) is 0 Å². The summed E-state index contributed by atoms with van der Waals surface area (Å²) in [6, 6.07) is 32.0. The van der Waals surface area contributed by atoms with Crippen molar-refractivity contribution < 1.29 is 4.42 Å². The van der Waals surface area contributed by atoms with Crippen LogP contribution in [0.2, 0.25) is 0 Å². The van der Waals surface area contributed by atoms with Gasteiger partial charge < -0.3 is 4.42 Å². The van der Waals surface area contributed by atoms with Gasteiger partial charge in [-0.25, -0.2) is 4.98 Å². The van der Waals surface area contributed by atoms with Crippen LogP contribution in [-0.4, -0.2) is 14.5 Å². The molecular weight excluding hydrogens is 502 g/mol. The first-order valence-corrected chi connectivity index (χ1v) is 14.4. The molecule has 202 valence electrons. The van der Waals surface area contributed by atoms with Crippen LogP contribution >= 0.6 is 0 Å². The maximum atomic E-state index is 6.52. The molecule has 0 fully saturated rings. The van der Waals surface area contributed by atoms with Crippen molar-refractivity contribution in [2.75, 3.05) is 0 Å². The van der Waals surface area contributed by atoms with Crippen LogP contribution in [0.4, 0.5) is 0 Å². The third kappa shape index (κ3) is 4.05. The minimum Gasteiger partial charge on any atom is -0.455 e. The van der Waals surface area contributed by atoms with E-state index in [-0.39, 0.29) is 11.8 Å². The zero-order chi connectivity index (χ0) is 28.2. The predicted octanol–water partition coefficient (Wildman–Crippen LogP) is 10.2. The number of aromatic nitrogens is 3. The van der Waals surface area contributed by atoms with E-state index >= 15 is 0 Å². The average Bonchev–Trinajstić information content (AvgIpc) is 3.56. The number of para-hydroxylation sites is 2. The summed E-state index contributed by atoms with van der Waals surface area (Å²) in [5.41, 5.74) is 11.9. The normalized spacial score (nSPS) is 12.0. The Morgan fingerprint density at radius 3 is 2.12 bits per heavy atom. The van der Waals surface area contributed by atoms with Crippen LogP contribution in [0.25, 0.3) is 61.2 Å². The fraction of sp³-hybridized carbons (Fsp3) is 0.189. The van der Waals surface area contributed by atoms with Crippen LogP contribution < -0.4 is 0 Å². The van der Waals surface area contributed by atoms with Gasteiger partial charge in [-0.2, -0.15) is 0 Å². The highest BCUT2D eigenvalue weighted by atomic mass is 16.3. The molecule has 41 heavy (non-hydrogen) atoms. The molecule has 0 bridgehead atoms. The van der Waals surface area contributed by atoms with Crippen molar-refractivity contribution in [3.8, 4) is 28.2 Å². The summed E-state index contributed by atoms with van der Waals surface area (Å²) in [4.78, 5) is 10.0. The molecule has 0 amide bonds. The average molecular weight is 536 g/mol. The Balaban J connectivity index is 1.62. The van der Waals surface area contributed by atoms with Gasteiger partial charge in [0.1, 0.15) is 17.0 Å². The van der Waals surface area contributed by atoms with Crippen LogP contribution in [0.3, 0.4) is 0 Å². The molecule has 0 unspecified atom stereocenters. The zero-order valence-electron chi connectivity index (χ0n) is 24.1. The van der Waals surface area contributed by atoms with Crippen molar-refractivity contribution in [2.24, 2.45) is 0 Å². The summed E-state index contributed by atoms with van der Waals surface area (Å²) in [5.74, 6) is 1.45. The van der Waals surface area contributed by atoms with E-state index in [9.17, 15) is 0 Å². The van der Waals surface area contributed by atoms with Gasteiger partial charge in [0.05, 0.1) is 28.0 Å². The number of hydrogen-bond acceptors (Lipinski definition) is 3. The van der Waals surface area contributed by atoms with Crippen LogP contribution in [0.15, 0.2) is 102 Å². The number of aryl methyl sites for hydroxylation is 1. The number of imidazole rings is 1. The molecule has 0 spiro atoms. The quantitative estimate of drug-likeness (QED) is 0.220. The fourth-order valence-corrected chi connectivity index (χ4v) is 6.12. The summed E-state index contributed by atoms with van der Waals surface area (Å²) in [7, 11) is 0. The molecule has 3 heterocycles. The van der Waals surface area contributed by atoms with E-state index < -0.39 is 0 Å². The molecule has 0 aliphatic carbocycles. The molecule has 4 aromatic carbocycles. The van der Waals surface area contributed by atoms with Crippen molar-refractivity contribution >= 4 is 33.0 Å². The van der Waals surface area contributed by atoms with Gasteiger partial charge in [0.15, 0.2) is 0 Å². The number of hydrogen-bond donors (Lipinski definition) is 0. The molecule has 0 aliphatic rings. The number of furan rings is 1. The van der Waals surface area contributed by atoms with Crippen LogP contribution in [0, 0.1) is 6.92 Å². The summed E-state index contributed by atoms with van der Waals surface area (Å²) in [6.07, 6.45) is 1.85. The van der Waals surface area contributed by atoms with Gasteiger partial charge in [-0.05, 0) is 71.3 Å². The van der Waals surface area contributed by atoms with Crippen LogP contribution in [0.1, 0.15) is 56.4 Å². The molecule has 0 saturated heterocycles. The second-order valence-electron chi connectivity index (χ2n) is 11.5. The molecule has 3 aromatic heterocycles. The van der Waals surface area contributed by atoms with Gasteiger partial charge in [0, 0.05) is 17.0 Å². The van der Waals surface area contributed by atoms with Gasteiger partial charge >= 0.3 is 0 Å². The van der Waals surface area contributed by atoms with Crippen molar-refractivity contribution in [1.29, 1.82) is 0 Å². The number of benzene rings is 4. The first-order valence-electron chi connectivity index (χ1n) is 14.4. The summed E-state index contributed by atoms with van der Waals surface area (Å²) < 4.78 is 8.88. The predicted molar refractivity (Wildman–Crippen MR) is 170 cm³/mol. The Morgan fingerprint density at radius 1 is 0.707 bits per heavy atom. The monoisotopic (exact) mass is 535 g/mol. The lowest BCUT2D eigenvalue weighted by Crippen LogP contribution is -2.10. The lowest BCUT2D eigenvalue weighted by atomic mass is 9.88. The lowest BCUT2D eigenvalue weighted by Gasteiger charge is -2.24.